The number of hydrogen-bond donors (Lipinski definition) is 1. The smallest absolute Gasteiger partial charge is 0.139 e. The summed E-state index contributed by atoms with van der Waals surface area (Å²) in [4.78, 5) is 11.5. The van der Waals surface area contributed by atoms with Crippen LogP contribution >= 0.6 is 15.9 Å². The number of halogens is 2. The number of fused-ring (bicyclic) bond motifs is 1. The third-order valence-corrected chi connectivity index (χ3v) is 3.16. The predicted molar refractivity (Wildman–Crippen MR) is 60.5 cm³/mol. The average Bonchev–Trinajstić information content (AvgIpc) is 2.31. The molecule has 0 aliphatic carbocycles. The lowest BCUT2D eigenvalue weighted by molar-refractivity contribution is -0.118. The van der Waals surface area contributed by atoms with Gasteiger partial charge in [-0.3, -0.25) is 4.79 Å². The fourth-order valence-electron chi connectivity index (χ4n) is 1.83. The number of nitrogens with one attached hydrogen (secondary N) is 1. The molecule has 0 bridgehead atoms. The zero-order valence-electron chi connectivity index (χ0n) is 8.31. The van der Waals surface area contributed by atoms with Gasteiger partial charge < -0.3 is 5.32 Å². The molecule has 1 heterocycles. The Hall–Kier alpha value is -0.900. The monoisotopic (exact) mass is 271 g/mol. The van der Waals surface area contributed by atoms with Crippen molar-refractivity contribution < 1.29 is 9.18 Å². The van der Waals surface area contributed by atoms with E-state index in [2.05, 4.69) is 21.2 Å². The molecule has 0 saturated carbocycles. The normalized spacial score (nSPS) is 20.5. The van der Waals surface area contributed by atoms with Gasteiger partial charge in [-0.25, -0.2) is 4.39 Å². The van der Waals surface area contributed by atoms with Crippen LogP contribution in [0.4, 0.5) is 10.1 Å². The molecule has 15 heavy (non-hydrogen) atoms. The van der Waals surface area contributed by atoms with Crippen LogP contribution in [-0.4, -0.2) is 11.8 Å². The number of carbonyl (C=O) groups excluding carboxylic acids is 1. The van der Waals surface area contributed by atoms with Crippen LogP contribution in [0.3, 0.4) is 0 Å². The van der Waals surface area contributed by atoms with Crippen molar-refractivity contribution in [3.63, 3.8) is 0 Å². The Morgan fingerprint density at radius 2 is 2.27 bits per heavy atom. The first-order valence-corrected chi connectivity index (χ1v) is 5.62. The van der Waals surface area contributed by atoms with E-state index in [1.165, 1.54) is 6.07 Å². The molecule has 1 aliphatic rings. The molecule has 4 heteroatoms. The first kappa shape index (κ1) is 10.6. The number of anilines is 1. The van der Waals surface area contributed by atoms with Crippen LogP contribution in [0.5, 0.6) is 0 Å². The number of rotatable bonds is 0. The molecule has 0 fully saturated rings. The van der Waals surface area contributed by atoms with Crippen molar-refractivity contribution in [2.45, 2.75) is 25.8 Å². The van der Waals surface area contributed by atoms with E-state index in [1.807, 2.05) is 6.92 Å². The lowest BCUT2D eigenvalue weighted by Crippen LogP contribution is -2.16. The number of ketones is 1. The highest BCUT2D eigenvalue weighted by molar-refractivity contribution is 9.10. The van der Waals surface area contributed by atoms with E-state index in [0.29, 0.717) is 17.7 Å². The van der Waals surface area contributed by atoms with Crippen LogP contribution in [0.1, 0.15) is 18.9 Å². The lowest BCUT2D eigenvalue weighted by Gasteiger charge is -2.14. The lowest BCUT2D eigenvalue weighted by atomic mass is 10.1. The first-order chi connectivity index (χ1) is 7.08. The molecule has 0 spiro atoms. The van der Waals surface area contributed by atoms with E-state index in [1.54, 1.807) is 6.07 Å². The zero-order valence-corrected chi connectivity index (χ0v) is 9.90. The van der Waals surface area contributed by atoms with Crippen LogP contribution in [0, 0.1) is 5.82 Å². The fourth-order valence-corrected chi connectivity index (χ4v) is 2.32. The topological polar surface area (TPSA) is 29.1 Å². The Labute approximate surface area is 96.0 Å². The summed E-state index contributed by atoms with van der Waals surface area (Å²) in [6, 6.07) is 3.09. The largest absolute Gasteiger partial charge is 0.381 e. The van der Waals surface area contributed by atoms with Gasteiger partial charge >= 0.3 is 0 Å². The Morgan fingerprint density at radius 3 is 3.00 bits per heavy atom. The van der Waals surface area contributed by atoms with Gasteiger partial charge in [-0.05, 0) is 35.0 Å². The van der Waals surface area contributed by atoms with Gasteiger partial charge in [0.25, 0.3) is 0 Å². The van der Waals surface area contributed by atoms with E-state index in [9.17, 15) is 9.18 Å². The molecule has 1 aromatic carbocycles. The third kappa shape index (κ3) is 2.04. The van der Waals surface area contributed by atoms with Crippen molar-refractivity contribution in [1.29, 1.82) is 0 Å². The SMILES string of the molecule is C[C@@H]1CC(=O)Cc2c(F)ccc(Br)c2N1. The number of hydrogen-bond acceptors (Lipinski definition) is 2. The molecule has 0 amide bonds. The molecule has 1 aliphatic heterocycles. The van der Waals surface area contributed by atoms with E-state index >= 15 is 0 Å². The van der Waals surface area contributed by atoms with Crippen LogP contribution < -0.4 is 5.32 Å². The quantitative estimate of drug-likeness (QED) is 0.786. The minimum Gasteiger partial charge on any atom is -0.381 e. The standard InChI is InChI=1S/C11H11BrFNO/c1-6-4-7(15)5-8-10(13)3-2-9(12)11(8)14-6/h2-3,6,14H,4-5H2,1H3/t6-/m1/s1. The maximum Gasteiger partial charge on any atom is 0.139 e. The Bertz CT molecular complexity index is 419. The summed E-state index contributed by atoms with van der Waals surface area (Å²) >= 11 is 3.36. The van der Waals surface area contributed by atoms with Crippen molar-refractivity contribution in [2.24, 2.45) is 0 Å². The summed E-state index contributed by atoms with van der Waals surface area (Å²) in [7, 11) is 0. The van der Waals surface area contributed by atoms with Crippen LogP contribution in [0.15, 0.2) is 16.6 Å². The highest BCUT2D eigenvalue weighted by Gasteiger charge is 2.22. The average molecular weight is 272 g/mol. The maximum atomic E-state index is 13.5. The van der Waals surface area contributed by atoms with Crippen LogP contribution in [0.25, 0.3) is 0 Å². The molecule has 1 N–H and O–H groups in total. The van der Waals surface area contributed by atoms with Gasteiger partial charge in [0.15, 0.2) is 0 Å². The fraction of sp³-hybridized carbons (Fsp3) is 0.364. The van der Waals surface area contributed by atoms with Crippen LogP contribution in [-0.2, 0) is 11.2 Å². The second-order valence-corrected chi connectivity index (χ2v) is 4.70. The Balaban J connectivity index is 2.54. The molecule has 2 nitrogen and oxygen atoms in total. The summed E-state index contributed by atoms with van der Waals surface area (Å²) in [5.74, 6) is -0.242. The Kier molecular flexibility index (Phi) is 2.78. The molecule has 1 atom stereocenters. The molecule has 0 unspecified atom stereocenters. The van der Waals surface area contributed by atoms with Crippen molar-refractivity contribution in [2.75, 3.05) is 5.32 Å². The highest BCUT2D eigenvalue weighted by atomic mass is 79.9. The molecule has 2 rings (SSSR count). The molecular weight excluding hydrogens is 261 g/mol. The zero-order chi connectivity index (χ0) is 11.0. The number of benzene rings is 1. The molecule has 1 aromatic rings. The minimum absolute atomic E-state index is 0.0526. The summed E-state index contributed by atoms with van der Waals surface area (Å²) in [6.07, 6.45) is 0.624. The summed E-state index contributed by atoms with van der Waals surface area (Å²) in [5.41, 5.74) is 1.19. The summed E-state index contributed by atoms with van der Waals surface area (Å²) in [5, 5.41) is 3.15. The van der Waals surface area contributed by atoms with Gasteiger partial charge in [-0.15, -0.1) is 0 Å². The second kappa shape index (κ2) is 3.93. The summed E-state index contributed by atoms with van der Waals surface area (Å²) in [6.45, 7) is 1.92. The van der Waals surface area contributed by atoms with Crippen molar-refractivity contribution in [3.05, 3.63) is 28.0 Å². The van der Waals surface area contributed by atoms with Crippen molar-refractivity contribution in [1.82, 2.24) is 0 Å². The van der Waals surface area contributed by atoms with E-state index in [-0.39, 0.29) is 24.1 Å². The van der Waals surface area contributed by atoms with Crippen molar-refractivity contribution in [3.8, 4) is 0 Å². The second-order valence-electron chi connectivity index (χ2n) is 3.85. The molecule has 80 valence electrons. The molecule has 0 aromatic heterocycles. The predicted octanol–water partition coefficient (Wildman–Crippen LogP) is 2.90. The maximum absolute atomic E-state index is 13.5. The Morgan fingerprint density at radius 1 is 1.53 bits per heavy atom. The van der Waals surface area contributed by atoms with Crippen molar-refractivity contribution >= 4 is 27.4 Å². The third-order valence-electron chi connectivity index (χ3n) is 2.50. The van der Waals surface area contributed by atoms with Gasteiger partial charge in [-0.2, -0.15) is 0 Å². The van der Waals surface area contributed by atoms with Crippen LogP contribution in [0.2, 0.25) is 0 Å². The number of Topliss-reactive ketones (excluding diaryl/α,β-unsaturated/α-hetero) is 1. The summed E-state index contributed by atoms with van der Waals surface area (Å²) < 4.78 is 14.3. The van der Waals surface area contributed by atoms with E-state index in [0.717, 1.165) is 4.47 Å². The van der Waals surface area contributed by atoms with Gasteiger partial charge in [0.05, 0.1) is 5.69 Å². The number of carbonyl (C=O) groups is 1. The first-order valence-electron chi connectivity index (χ1n) is 4.83. The molecule has 0 radical (unpaired) electrons. The van der Waals surface area contributed by atoms with Gasteiger partial charge in [-0.1, -0.05) is 0 Å². The van der Waals surface area contributed by atoms with E-state index in [4.69, 9.17) is 0 Å². The van der Waals surface area contributed by atoms with Gasteiger partial charge in [0.1, 0.15) is 11.6 Å². The highest BCUT2D eigenvalue weighted by Crippen LogP contribution is 2.32. The van der Waals surface area contributed by atoms with Gasteiger partial charge in [0.2, 0.25) is 0 Å². The minimum atomic E-state index is -0.317. The van der Waals surface area contributed by atoms with Gasteiger partial charge in [0, 0.05) is 28.9 Å². The van der Waals surface area contributed by atoms with E-state index < -0.39 is 0 Å². The molecule has 0 saturated heterocycles. The molecular formula is C11H11BrFNO.